The number of likely N-dealkylation sites (tertiary alicyclic amines) is 1. The van der Waals surface area contributed by atoms with E-state index in [2.05, 4.69) is 6.92 Å². The second kappa shape index (κ2) is 7.11. The quantitative estimate of drug-likeness (QED) is 0.901. The van der Waals surface area contributed by atoms with Crippen LogP contribution in [0, 0.1) is 0 Å². The van der Waals surface area contributed by atoms with Crippen LogP contribution in [0.1, 0.15) is 43.0 Å². The van der Waals surface area contributed by atoms with Crippen LogP contribution in [0.25, 0.3) is 0 Å². The molecule has 5 heteroatoms. The summed E-state index contributed by atoms with van der Waals surface area (Å²) in [6.07, 6.45) is 4.32. The molecule has 1 aliphatic rings. The summed E-state index contributed by atoms with van der Waals surface area (Å²) < 4.78 is 5.51. The van der Waals surface area contributed by atoms with Gasteiger partial charge in [-0.3, -0.25) is 9.59 Å². The lowest BCUT2D eigenvalue weighted by Gasteiger charge is -2.35. The predicted molar refractivity (Wildman–Crippen MR) is 80.1 cm³/mol. The van der Waals surface area contributed by atoms with Gasteiger partial charge in [0.25, 0.3) is 5.91 Å². The van der Waals surface area contributed by atoms with E-state index < -0.39 is 5.91 Å². The number of hydrogen-bond donors (Lipinski definition) is 1. The SMILES string of the molecule is CCC1CCCCN1C(=O)COc1ccc(C(N)=O)cc1. The van der Waals surface area contributed by atoms with E-state index in [1.807, 2.05) is 4.90 Å². The van der Waals surface area contributed by atoms with Gasteiger partial charge in [0.2, 0.25) is 5.91 Å². The zero-order chi connectivity index (χ0) is 15.2. The van der Waals surface area contributed by atoms with Gasteiger partial charge in [-0.15, -0.1) is 0 Å². The maximum Gasteiger partial charge on any atom is 0.260 e. The van der Waals surface area contributed by atoms with Gasteiger partial charge in [-0.1, -0.05) is 6.92 Å². The predicted octanol–water partition coefficient (Wildman–Crippen LogP) is 1.96. The van der Waals surface area contributed by atoms with Crippen LogP contribution in [0.3, 0.4) is 0 Å². The first-order valence-electron chi connectivity index (χ1n) is 7.44. The van der Waals surface area contributed by atoms with E-state index in [0.29, 0.717) is 17.4 Å². The summed E-state index contributed by atoms with van der Waals surface area (Å²) in [7, 11) is 0. The van der Waals surface area contributed by atoms with Crippen LogP contribution in [-0.2, 0) is 4.79 Å². The first-order valence-corrected chi connectivity index (χ1v) is 7.44. The van der Waals surface area contributed by atoms with Crippen molar-refractivity contribution < 1.29 is 14.3 Å². The van der Waals surface area contributed by atoms with E-state index in [0.717, 1.165) is 25.8 Å². The molecule has 5 nitrogen and oxygen atoms in total. The molecule has 0 radical (unpaired) electrons. The highest BCUT2D eigenvalue weighted by Crippen LogP contribution is 2.20. The normalized spacial score (nSPS) is 18.3. The minimum absolute atomic E-state index is 0.0283. The summed E-state index contributed by atoms with van der Waals surface area (Å²) in [6.45, 7) is 2.97. The van der Waals surface area contributed by atoms with Crippen molar-refractivity contribution in [3.63, 3.8) is 0 Å². The van der Waals surface area contributed by atoms with Gasteiger partial charge >= 0.3 is 0 Å². The van der Waals surface area contributed by atoms with Gasteiger partial charge in [-0.2, -0.15) is 0 Å². The molecular formula is C16H22N2O3. The summed E-state index contributed by atoms with van der Waals surface area (Å²) in [5.74, 6) is 0.121. The molecule has 2 rings (SSSR count). The third kappa shape index (κ3) is 3.97. The van der Waals surface area contributed by atoms with E-state index in [9.17, 15) is 9.59 Å². The van der Waals surface area contributed by atoms with Gasteiger partial charge in [0.15, 0.2) is 6.61 Å². The summed E-state index contributed by atoms with van der Waals surface area (Å²) in [6, 6.07) is 6.84. The Morgan fingerprint density at radius 2 is 2.00 bits per heavy atom. The Morgan fingerprint density at radius 3 is 2.62 bits per heavy atom. The summed E-state index contributed by atoms with van der Waals surface area (Å²) in [5.41, 5.74) is 5.60. The molecule has 1 atom stereocenters. The monoisotopic (exact) mass is 290 g/mol. The third-order valence-electron chi connectivity index (χ3n) is 3.92. The van der Waals surface area contributed by atoms with Crippen LogP contribution in [0.2, 0.25) is 0 Å². The smallest absolute Gasteiger partial charge is 0.260 e. The molecule has 1 aliphatic heterocycles. The molecule has 0 bridgehead atoms. The molecule has 2 N–H and O–H groups in total. The highest BCUT2D eigenvalue weighted by Gasteiger charge is 2.25. The van der Waals surface area contributed by atoms with Crippen molar-refractivity contribution in [2.75, 3.05) is 13.2 Å². The van der Waals surface area contributed by atoms with E-state index in [-0.39, 0.29) is 12.5 Å². The van der Waals surface area contributed by atoms with Gasteiger partial charge in [0, 0.05) is 18.2 Å². The fraction of sp³-hybridized carbons (Fsp3) is 0.500. The first kappa shape index (κ1) is 15.4. The molecule has 2 amide bonds. The molecule has 1 aromatic carbocycles. The number of ether oxygens (including phenoxy) is 1. The first-order chi connectivity index (χ1) is 10.1. The lowest BCUT2D eigenvalue weighted by Crippen LogP contribution is -2.45. The fourth-order valence-electron chi connectivity index (χ4n) is 2.70. The zero-order valence-corrected chi connectivity index (χ0v) is 12.4. The van der Waals surface area contributed by atoms with Crippen LogP contribution in [0.15, 0.2) is 24.3 Å². The number of piperidine rings is 1. The highest BCUT2D eigenvalue weighted by molar-refractivity contribution is 5.92. The van der Waals surface area contributed by atoms with Crippen molar-refractivity contribution in [2.24, 2.45) is 5.73 Å². The van der Waals surface area contributed by atoms with Crippen molar-refractivity contribution in [1.29, 1.82) is 0 Å². The molecule has 0 spiro atoms. The Balaban J connectivity index is 1.89. The maximum atomic E-state index is 12.2. The number of primary amides is 1. The van der Waals surface area contributed by atoms with E-state index >= 15 is 0 Å². The lowest BCUT2D eigenvalue weighted by molar-refractivity contribution is -0.137. The number of amides is 2. The summed E-state index contributed by atoms with van der Waals surface area (Å²) in [4.78, 5) is 25.1. The average Bonchev–Trinajstić information content (AvgIpc) is 2.52. The largest absolute Gasteiger partial charge is 0.484 e. The zero-order valence-electron chi connectivity index (χ0n) is 12.4. The van der Waals surface area contributed by atoms with Crippen LogP contribution < -0.4 is 10.5 Å². The Kier molecular flexibility index (Phi) is 5.20. The number of nitrogens with zero attached hydrogens (tertiary/aromatic N) is 1. The van der Waals surface area contributed by atoms with Crippen LogP contribution in [-0.4, -0.2) is 35.9 Å². The minimum Gasteiger partial charge on any atom is -0.484 e. The molecule has 1 heterocycles. The van der Waals surface area contributed by atoms with E-state index in [4.69, 9.17) is 10.5 Å². The maximum absolute atomic E-state index is 12.2. The van der Waals surface area contributed by atoms with Gasteiger partial charge in [0.1, 0.15) is 5.75 Å². The Morgan fingerprint density at radius 1 is 1.29 bits per heavy atom. The number of hydrogen-bond acceptors (Lipinski definition) is 3. The standard InChI is InChI=1S/C16H22N2O3/c1-2-13-5-3-4-10-18(13)15(19)11-21-14-8-6-12(7-9-14)16(17)20/h6-9,13H,2-5,10-11H2,1H3,(H2,17,20). The summed E-state index contributed by atoms with van der Waals surface area (Å²) in [5, 5.41) is 0. The van der Waals surface area contributed by atoms with Crippen molar-refractivity contribution in [3.05, 3.63) is 29.8 Å². The number of benzene rings is 1. The molecule has 1 aromatic rings. The lowest BCUT2D eigenvalue weighted by atomic mass is 10.00. The van der Waals surface area contributed by atoms with Crippen molar-refractivity contribution in [2.45, 2.75) is 38.6 Å². The molecule has 0 saturated carbocycles. The molecule has 0 aliphatic carbocycles. The average molecular weight is 290 g/mol. The van der Waals surface area contributed by atoms with Crippen LogP contribution in [0.4, 0.5) is 0 Å². The molecule has 21 heavy (non-hydrogen) atoms. The highest BCUT2D eigenvalue weighted by atomic mass is 16.5. The number of carbonyl (C=O) groups is 2. The van der Waals surface area contributed by atoms with Gasteiger partial charge < -0.3 is 15.4 Å². The molecule has 114 valence electrons. The minimum atomic E-state index is -0.475. The second-order valence-electron chi connectivity index (χ2n) is 5.32. The Labute approximate surface area is 125 Å². The fourth-order valence-corrected chi connectivity index (χ4v) is 2.70. The third-order valence-corrected chi connectivity index (χ3v) is 3.92. The van der Waals surface area contributed by atoms with Crippen LogP contribution in [0.5, 0.6) is 5.75 Å². The molecular weight excluding hydrogens is 268 g/mol. The molecule has 1 saturated heterocycles. The topological polar surface area (TPSA) is 72.6 Å². The van der Waals surface area contributed by atoms with E-state index in [1.54, 1.807) is 24.3 Å². The molecule has 1 unspecified atom stereocenters. The number of nitrogens with two attached hydrogens (primary N) is 1. The van der Waals surface area contributed by atoms with E-state index in [1.165, 1.54) is 6.42 Å². The summed E-state index contributed by atoms with van der Waals surface area (Å²) >= 11 is 0. The van der Waals surface area contributed by atoms with Crippen molar-refractivity contribution in [1.82, 2.24) is 4.90 Å². The Bertz CT molecular complexity index is 499. The van der Waals surface area contributed by atoms with Crippen molar-refractivity contribution in [3.8, 4) is 5.75 Å². The molecule has 1 fully saturated rings. The molecule has 0 aromatic heterocycles. The number of carbonyl (C=O) groups excluding carboxylic acids is 2. The van der Waals surface area contributed by atoms with Crippen LogP contribution >= 0.6 is 0 Å². The second-order valence-corrected chi connectivity index (χ2v) is 5.32. The van der Waals surface area contributed by atoms with Gasteiger partial charge in [-0.05, 0) is 49.9 Å². The Hall–Kier alpha value is -2.04. The van der Waals surface area contributed by atoms with Gasteiger partial charge in [0.05, 0.1) is 0 Å². The number of rotatable bonds is 5. The van der Waals surface area contributed by atoms with Crippen molar-refractivity contribution >= 4 is 11.8 Å². The van der Waals surface area contributed by atoms with Gasteiger partial charge in [-0.25, -0.2) is 0 Å².